The first-order valence-corrected chi connectivity index (χ1v) is 21.5. The molecule has 1 fully saturated rings. The summed E-state index contributed by atoms with van der Waals surface area (Å²) < 4.78 is 25.1. The maximum Gasteiger partial charge on any atom is 0.264 e. The van der Waals surface area contributed by atoms with Gasteiger partial charge in [-0.1, -0.05) is 24.3 Å². The van der Waals surface area contributed by atoms with E-state index in [1.807, 2.05) is 13.0 Å². The molecule has 7 rings (SSSR count). The molecule has 0 radical (unpaired) electrons. The number of nitrogen functional groups attached to an aromatic ring is 2. The van der Waals surface area contributed by atoms with E-state index in [0.717, 1.165) is 5.56 Å². The zero-order chi connectivity index (χ0) is 39.8. The predicted molar refractivity (Wildman–Crippen MR) is 215 cm³/mol. The van der Waals surface area contributed by atoms with Gasteiger partial charge in [-0.3, -0.25) is 19.1 Å². The number of hydrogen-bond acceptors (Lipinski definition) is 9. The smallest absolute Gasteiger partial charge is 0.264 e. The van der Waals surface area contributed by atoms with Gasteiger partial charge < -0.3 is 41.0 Å². The topological polar surface area (TPSA) is 191 Å². The van der Waals surface area contributed by atoms with Crippen molar-refractivity contribution in [2.75, 3.05) is 33.6 Å². The molecule has 290 valence electrons. The highest BCUT2D eigenvalue weighted by Gasteiger charge is 2.66. The molecule has 4 aromatic carbocycles. The van der Waals surface area contributed by atoms with E-state index in [1.165, 1.54) is 0 Å². The van der Waals surface area contributed by atoms with Crippen LogP contribution < -0.4 is 27.0 Å². The summed E-state index contributed by atoms with van der Waals surface area (Å²) in [5.74, 6) is -1.59. The van der Waals surface area contributed by atoms with E-state index in [-0.39, 0.29) is 30.9 Å². The van der Waals surface area contributed by atoms with Crippen LogP contribution >= 0.6 is 0 Å². The summed E-state index contributed by atoms with van der Waals surface area (Å²) >= 11 is 0. The zero-order valence-corrected chi connectivity index (χ0v) is 32.4. The van der Waals surface area contributed by atoms with Crippen molar-refractivity contribution in [1.29, 1.82) is 0 Å². The molecule has 56 heavy (non-hydrogen) atoms. The molecule has 0 bridgehead atoms. The molecule has 1 spiro atoms. The Labute approximate surface area is 325 Å². The van der Waals surface area contributed by atoms with Crippen molar-refractivity contribution in [3.63, 3.8) is 0 Å². The quantitative estimate of drug-likeness (QED) is 0.0584. The lowest BCUT2D eigenvalue weighted by molar-refractivity contribution is -0.146. The molecule has 7 N–H and O–H groups in total. The molecule has 2 aliphatic heterocycles. The number of rotatable bonds is 12. The standard InChI is InChI=1S/C41H45FN8O5Si/c1-25-37(56(2,3)42)36(17-19-49-24-33(18-20-51)47-48-49)55-41(25)34-22-32(46-39(53)28-9-13-30(44)14-10-28)15-16-35(34)50(40(41)54)23-26-5-4-6-31(21-26)45-38(52)27-7-11-29(43)12-8-27/h4-16,21-22,24-25,36-37,51H,17-20,23,43-44H2,1-3H3,(H,45,52)(H,46,53)/t25-,36+,37-,41+/m0/s1. The molecule has 0 unspecified atom stereocenters. The summed E-state index contributed by atoms with van der Waals surface area (Å²) in [6.07, 6.45) is 1.84. The van der Waals surface area contributed by atoms with Gasteiger partial charge in [-0.15, -0.1) is 5.10 Å². The number of aliphatic hydroxyl groups is 1. The first-order valence-electron chi connectivity index (χ1n) is 18.5. The van der Waals surface area contributed by atoms with Gasteiger partial charge in [0, 0.05) is 76.7 Å². The van der Waals surface area contributed by atoms with Crippen LogP contribution in [0.1, 0.15) is 50.9 Å². The lowest BCUT2D eigenvalue weighted by Crippen LogP contribution is -2.45. The summed E-state index contributed by atoms with van der Waals surface area (Å²) in [5.41, 5.74) is 14.9. The van der Waals surface area contributed by atoms with Crippen LogP contribution in [0, 0.1) is 5.92 Å². The summed E-state index contributed by atoms with van der Waals surface area (Å²) in [6.45, 7) is 5.60. The van der Waals surface area contributed by atoms with E-state index in [4.69, 9.17) is 16.2 Å². The average molecular weight is 777 g/mol. The van der Waals surface area contributed by atoms with Crippen LogP contribution in [0.25, 0.3) is 0 Å². The summed E-state index contributed by atoms with van der Waals surface area (Å²) in [4.78, 5) is 43.1. The maximum atomic E-state index is 16.5. The van der Waals surface area contributed by atoms with Crippen molar-refractivity contribution in [1.82, 2.24) is 15.0 Å². The van der Waals surface area contributed by atoms with E-state index in [1.54, 1.807) is 114 Å². The number of nitrogens with zero attached hydrogens (tertiary/aromatic N) is 4. The number of hydrogen-bond donors (Lipinski definition) is 5. The monoisotopic (exact) mass is 776 g/mol. The van der Waals surface area contributed by atoms with Gasteiger partial charge in [0.15, 0.2) is 5.60 Å². The molecule has 15 heteroatoms. The predicted octanol–water partition coefficient (Wildman–Crippen LogP) is 5.89. The largest absolute Gasteiger partial charge is 0.399 e. The van der Waals surface area contributed by atoms with Crippen molar-refractivity contribution in [3.8, 4) is 0 Å². The molecule has 1 aromatic heterocycles. The van der Waals surface area contributed by atoms with Crippen molar-refractivity contribution in [2.24, 2.45) is 5.92 Å². The fourth-order valence-electron chi connectivity index (χ4n) is 8.09. The normalized spacial score (nSPS) is 20.3. The van der Waals surface area contributed by atoms with Crippen LogP contribution in [0.4, 0.5) is 32.5 Å². The van der Waals surface area contributed by atoms with Gasteiger partial charge in [-0.2, -0.15) is 0 Å². The van der Waals surface area contributed by atoms with Gasteiger partial charge in [-0.05, 0) is 104 Å². The molecule has 3 heterocycles. The Morgan fingerprint density at radius 2 is 1.55 bits per heavy atom. The Kier molecular flexibility index (Phi) is 10.5. The molecule has 13 nitrogen and oxygen atoms in total. The van der Waals surface area contributed by atoms with Gasteiger partial charge >= 0.3 is 0 Å². The number of benzene rings is 4. The van der Waals surface area contributed by atoms with Crippen LogP contribution in [-0.4, -0.2) is 58.9 Å². The van der Waals surface area contributed by atoms with Gasteiger partial charge in [-0.25, -0.2) is 0 Å². The third kappa shape index (κ3) is 7.52. The summed E-state index contributed by atoms with van der Waals surface area (Å²) in [7, 11) is -3.48. The van der Waals surface area contributed by atoms with E-state index in [2.05, 4.69) is 20.9 Å². The Morgan fingerprint density at radius 1 is 0.929 bits per heavy atom. The molecule has 0 saturated carbocycles. The highest BCUT2D eigenvalue weighted by molar-refractivity contribution is 6.72. The van der Waals surface area contributed by atoms with Crippen LogP contribution in [0.15, 0.2) is 97.2 Å². The number of aromatic nitrogens is 3. The number of aryl methyl sites for hydroxylation is 1. The van der Waals surface area contributed by atoms with Gasteiger partial charge in [0.1, 0.15) is 0 Å². The molecule has 2 aliphatic rings. The van der Waals surface area contributed by atoms with Gasteiger partial charge in [0.25, 0.3) is 17.7 Å². The second kappa shape index (κ2) is 15.3. The maximum absolute atomic E-state index is 16.5. The number of carbonyl (C=O) groups is 3. The fraction of sp³-hybridized carbons (Fsp3) is 0.293. The van der Waals surface area contributed by atoms with Crippen molar-refractivity contribution >= 4 is 54.6 Å². The molecule has 1 saturated heterocycles. The molecule has 0 aliphatic carbocycles. The van der Waals surface area contributed by atoms with E-state index in [0.29, 0.717) is 70.2 Å². The third-order valence-corrected chi connectivity index (χ3v) is 13.1. The van der Waals surface area contributed by atoms with Crippen LogP contribution in [0.3, 0.4) is 0 Å². The molecule has 5 aromatic rings. The minimum atomic E-state index is -3.48. The molecular formula is C41H45FN8O5Si. The minimum Gasteiger partial charge on any atom is -0.399 e. The number of nitrogens with two attached hydrogens (primary N) is 2. The Balaban J connectivity index is 1.23. The van der Waals surface area contributed by atoms with Crippen molar-refractivity contribution in [2.45, 2.75) is 63.2 Å². The second-order valence-corrected chi connectivity index (χ2v) is 18.8. The Bertz CT molecular complexity index is 2260. The lowest BCUT2D eigenvalue weighted by atomic mass is 9.82. The van der Waals surface area contributed by atoms with Crippen molar-refractivity contribution in [3.05, 3.63) is 125 Å². The SMILES string of the molecule is C[C@H]1[C@H]([Si](C)(C)F)[C@@H](CCn2cc(CCO)nn2)O[C@]12C(=O)N(Cc1cccc(NC(=O)c3ccc(N)cc3)c1)c1ccc(NC(=O)c3ccc(N)cc3)cc12. The Morgan fingerprint density at radius 3 is 2.16 bits per heavy atom. The van der Waals surface area contributed by atoms with Crippen molar-refractivity contribution < 1.29 is 28.3 Å². The number of halogens is 1. The number of ether oxygens (including phenoxy) is 1. The van der Waals surface area contributed by atoms with Crippen LogP contribution in [0.2, 0.25) is 18.6 Å². The van der Waals surface area contributed by atoms with Gasteiger partial charge in [0.05, 0.1) is 24.0 Å². The lowest BCUT2D eigenvalue weighted by Gasteiger charge is -2.31. The summed E-state index contributed by atoms with van der Waals surface area (Å²) in [5, 5.41) is 23.5. The highest BCUT2D eigenvalue weighted by atomic mass is 28.4. The molecule has 4 atom stereocenters. The molecule has 3 amide bonds. The second-order valence-electron chi connectivity index (χ2n) is 15.0. The Hall–Kier alpha value is -5.90. The zero-order valence-electron chi connectivity index (χ0n) is 31.4. The van der Waals surface area contributed by atoms with Crippen LogP contribution in [-0.2, 0) is 34.6 Å². The number of nitrogens with one attached hydrogen (secondary N) is 2. The number of aliphatic hydroxyl groups excluding tert-OH is 1. The first-order chi connectivity index (χ1) is 26.8. The number of anilines is 5. The number of carbonyl (C=O) groups excluding carboxylic acids is 3. The average Bonchev–Trinajstić information content (AvgIpc) is 3.81. The highest BCUT2D eigenvalue weighted by Crippen LogP contribution is 2.60. The van der Waals surface area contributed by atoms with E-state index < -0.39 is 31.6 Å². The van der Waals surface area contributed by atoms with Gasteiger partial charge in [0.2, 0.25) is 8.41 Å². The van der Waals surface area contributed by atoms with E-state index in [9.17, 15) is 14.7 Å². The van der Waals surface area contributed by atoms with Crippen LogP contribution in [0.5, 0.6) is 0 Å². The fourth-order valence-corrected chi connectivity index (χ4v) is 10.6. The number of amides is 3. The summed E-state index contributed by atoms with van der Waals surface area (Å²) in [6, 6.07) is 25.7. The molecular weight excluding hydrogens is 732 g/mol. The van der Waals surface area contributed by atoms with E-state index >= 15 is 8.90 Å². The third-order valence-electron chi connectivity index (χ3n) is 10.7. The minimum absolute atomic E-state index is 0.0584. The first kappa shape index (κ1) is 38.4. The number of fused-ring (bicyclic) bond motifs is 2.